The SMILES string of the molecule is NCCCC[C@@H](C(=O)N[C@H]1Cc2cccc(CO)c2OB1O)n1cc(CN)nn1. The smallest absolute Gasteiger partial charge is 0.534 e. The van der Waals surface area contributed by atoms with E-state index in [0.717, 1.165) is 18.4 Å². The van der Waals surface area contributed by atoms with Crippen molar-refractivity contribution in [3.8, 4) is 5.75 Å². The van der Waals surface area contributed by atoms with E-state index in [0.29, 0.717) is 36.4 Å². The zero-order valence-electron chi connectivity index (χ0n) is 16.2. The van der Waals surface area contributed by atoms with Crippen LogP contribution < -0.4 is 21.4 Å². The Kier molecular flexibility index (Phi) is 7.21. The average molecular weight is 402 g/mol. The van der Waals surface area contributed by atoms with Crippen molar-refractivity contribution < 1.29 is 19.6 Å². The molecule has 0 fully saturated rings. The van der Waals surface area contributed by atoms with Crippen LogP contribution in [0.4, 0.5) is 0 Å². The van der Waals surface area contributed by atoms with E-state index < -0.39 is 19.1 Å². The quantitative estimate of drug-likeness (QED) is 0.265. The van der Waals surface area contributed by atoms with Crippen LogP contribution in [0, 0.1) is 0 Å². The number of unbranched alkanes of at least 4 members (excludes halogenated alkanes) is 1. The summed E-state index contributed by atoms with van der Waals surface area (Å²) >= 11 is 0. The number of para-hydroxylation sites is 1. The molecule has 2 aromatic rings. The molecule has 1 amide bonds. The maximum atomic E-state index is 13.0. The largest absolute Gasteiger partial charge is 0.547 e. The van der Waals surface area contributed by atoms with Gasteiger partial charge >= 0.3 is 7.12 Å². The number of amides is 1. The molecule has 156 valence electrons. The molecule has 1 aromatic carbocycles. The third-order valence-electron chi connectivity index (χ3n) is 5.02. The minimum absolute atomic E-state index is 0.189. The Balaban J connectivity index is 1.74. The molecule has 10 nitrogen and oxygen atoms in total. The van der Waals surface area contributed by atoms with Gasteiger partial charge in [-0.2, -0.15) is 0 Å². The number of fused-ring (bicyclic) bond motifs is 1. The van der Waals surface area contributed by atoms with Gasteiger partial charge in [-0.15, -0.1) is 5.10 Å². The first-order chi connectivity index (χ1) is 14.1. The number of aromatic nitrogens is 3. The molecule has 0 bridgehead atoms. The van der Waals surface area contributed by atoms with Crippen LogP contribution in [0.1, 0.15) is 42.1 Å². The molecular formula is C18H27BN6O4. The van der Waals surface area contributed by atoms with Crippen LogP contribution in [0.5, 0.6) is 5.75 Å². The summed E-state index contributed by atoms with van der Waals surface area (Å²) in [6.07, 6.45) is 4.11. The number of hydrogen-bond donors (Lipinski definition) is 5. The molecule has 0 aliphatic carbocycles. The highest BCUT2D eigenvalue weighted by atomic mass is 16.5. The molecule has 1 aromatic heterocycles. The van der Waals surface area contributed by atoms with Gasteiger partial charge in [0.2, 0.25) is 5.91 Å². The molecule has 0 saturated carbocycles. The van der Waals surface area contributed by atoms with Crippen LogP contribution in [0.2, 0.25) is 0 Å². The lowest BCUT2D eigenvalue weighted by Crippen LogP contribution is -2.54. The minimum Gasteiger partial charge on any atom is -0.534 e. The number of carbonyl (C=O) groups is 1. The summed E-state index contributed by atoms with van der Waals surface area (Å²) < 4.78 is 7.09. The first-order valence-electron chi connectivity index (χ1n) is 9.75. The number of nitrogens with two attached hydrogens (primary N) is 2. The summed E-state index contributed by atoms with van der Waals surface area (Å²) in [6, 6.07) is 4.80. The topological polar surface area (TPSA) is 162 Å². The van der Waals surface area contributed by atoms with Gasteiger partial charge in [-0.25, -0.2) is 4.68 Å². The van der Waals surface area contributed by atoms with Gasteiger partial charge in [-0.1, -0.05) is 23.4 Å². The van der Waals surface area contributed by atoms with Gasteiger partial charge in [-0.3, -0.25) is 4.79 Å². The van der Waals surface area contributed by atoms with Crippen molar-refractivity contribution >= 4 is 13.0 Å². The van der Waals surface area contributed by atoms with Crippen LogP contribution in [0.15, 0.2) is 24.4 Å². The number of benzene rings is 1. The summed E-state index contributed by atoms with van der Waals surface area (Å²) in [5.41, 5.74) is 13.2. The van der Waals surface area contributed by atoms with E-state index in [1.807, 2.05) is 12.1 Å². The van der Waals surface area contributed by atoms with Crippen LogP contribution in [-0.4, -0.2) is 50.6 Å². The summed E-state index contributed by atoms with van der Waals surface area (Å²) in [7, 11) is -1.22. The molecule has 11 heteroatoms. The molecule has 7 N–H and O–H groups in total. The molecule has 0 unspecified atom stereocenters. The van der Waals surface area contributed by atoms with Crippen LogP contribution >= 0.6 is 0 Å². The van der Waals surface area contributed by atoms with Gasteiger partial charge < -0.3 is 31.6 Å². The normalized spacial score (nSPS) is 16.8. The predicted octanol–water partition coefficient (Wildman–Crippen LogP) is -0.961. The third-order valence-corrected chi connectivity index (χ3v) is 5.02. The van der Waals surface area contributed by atoms with E-state index in [9.17, 15) is 14.9 Å². The molecule has 0 saturated heterocycles. The fraction of sp³-hybridized carbons (Fsp3) is 0.500. The average Bonchev–Trinajstić information content (AvgIpc) is 3.20. The summed E-state index contributed by atoms with van der Waals surface area (Å²) in [5, 5.41) is 30.7. The first kappa shape index (κ1) is 21.2. The molecule has 1 aliphatic heterocycles. The lowest BCUT2D eigenvalue weighted by atomic mass is 9.72. The van der Waals surface area contributed by atoms with E-state index >= 15 is 0 Å². The van der Waals surface area contributed by atoms with E-state index in [-0.39, 0.29) is 19.1 Å². The Hall–Kier alpha value is -2.47. The third kappa shape index (κ3) is 4.93. The van der Waals surface area contributed by atoms with Crippen LogP contribution in [0.25, 0.3) is 0 Å². The molecular weight excluding hydrogens is 375 g/mol. The second-order valence-electron chi connectivity index (χ2n) is 7.09. The summed E-state index contributed by atoms with van der Waals surface area (Å²) in [5.74, 6) is -0.445. The summed E-state index contributed by atoms with van der Waals surface area (Å²) in [4.78, 5) is 13.0. The van der Waals surface area contributed by atoms with E-state index in [1.54, 1.807) is 12.3 Å². The highest BCUT2D eigenvalue weighted by Crippen LogP contribution is 2.30. The zero-order chi connectivity index (χ0) is 20.8. The second-order valence-corrected chi connectivity index (χ2v) is 7.09. The van der Waals surface area contributed by atoms with Gasteiger partial charge in [0.15, 0.2) is 0 Å². The Bertz CT molecular complexity index is 832. The van der Waals surface area contributed by atoms with E-state index in [1.165, 1.54) is 4.68 Å². The molecule has 0 spiro atoms. The number of nitrogens with one attached hydrogen (secondary N) is 1. The van der Waals surface area contributed by atoms with Crippen molar-refractivity contribution in [2.24, 2.45) is 11.5 Å². The highest BCUT2D eigenvalue weighted by molar-refractivity contribution is 6.46. The van der Waals surface area contributed by atoms with Crippen molar-refractivity contribution in [1.82, 2.24) is 20.3 Å². The van der Waals surface area contributed by atoms with E-state index in [4.69, 9.17) is 16.1 Å². The molecule has 2 heterocycles. The van der Waals surface area contributed by atoms with Crippen molar-refractivity contribution in [3.63, 3.8) is 0 Å². The van der Waals surface area contributed by atoms with Crippen molar-refractivity contribution in [3.05, 3.63) is 41.2 Å². The molecule has 1 aliphatic rings. The lowest BCUT2D eigenvalue weighted by Gasteiger charge is -2.30. The van der Waals surface area contributed by atoms with Crippen molar-refractivity contribution in [1.29, 1.82) is 0 Å². The Morgan fingerprint density at radius 2 is 2.24 bits per heavy atom. The molecule has 29 heavy (non-hydrogen) atoms. The van der Waals surface area contributed by atoms with Crippen molar-refractivity contribution in [2.75, 3.05) is 6.54 Å². The number of hydrogen-bond acceptors (Lipinski definition) is 8. The first-order valence-corrected chi connectivity index (χ1v) is 9.75. The molecule has 0 radical (unpaired) electrons. The fourth-order valence-corrected chi connectivity index (χ4v) is 3.44. The van der Waals surface area contributed by atoms with Gasteiger partial charge in [0.1, 0.15) is 11.8 Å². The van der Waals surface area contributed by atoms with Crippen LogP contribution in [0.3, 0.4) is 0 Å². The fourth-order valence-electron chi connectivity index (χ4n) is 3.44. The van der Waals surface area contributed by atoms with Gasteiger partial charge in [0.25, 0.3) is 0 Å². The maximum absolute atomic E-state index is 13.0. The Morgan fingerprint density at radius 3 is 2.93 bits per heavy atom. The second kappa shape index (κ2) is 9.83. The number of aliphatic hydroxyl groups is 1. The lowest BCUT2D eigenvalue weighted by molar-refractivity contribution is -0.125. The summed E-state index contributed by atoms with van der Waals surface area (Å²) in [6.45, 7) is 0.584. The van der Waals surface area contributed by atoms with Crippen molar-refractivity contribution in [2.45, 2.75) is 50.8 Å². The van der Waals surface area contributed by atoms with E-state index in [2.05, 4.69) is 15.6 Å². The number of carbonyl (C=O) groups excluding carboxylic acids is 1. The Labute approximate surface area is 169 Å². The molecule has 2 atom stereocenters. The monoisotopic (exact) mass is 402 g/mol. The van der Waals surface area contributed by atoms with Gasteiger partial charge in [0.05, 0.1) is 24.4 Å². The van der Waals surface area contributed by atoms with Gasteiger partial charge in [0, 0.05) is 12.1 Å². The predicted molar refractivity (Wildman–Crippen MR) is 106 cm³/mol. The minimum atomic E-state index is -1.22. The number of aliphatic hydroxyl groups excluding tert-OH is 1. The zero-order valence-corrected chi connectivity index (χ0v) is 16.2. The standard InChI is InChI=1S/C18H27BN6O4/c20-7-2-1-6-15(25-10-14(9-21)23-24-25)18(27)22-16-8-12-4-3-5-13(11-26)17(12)29-19(16)28/h3-5,10,15-16,26,28H,1-2,6-9,11,20-21H2,(H,22,27)/t15-,16-/m0/s1. The van der Waals surface area contributed by atoms with Crippen LogP contribution in [-0.2, 0) is 24.4 Å². The highest BCUT2D eigenvalue weighted by Gasteiger charge is 2.38. The number of rotatable bonds is 9. The maximum Gasteiger partial charge on any atom is 0.547 e. The van der Waals surface area contributed by atoms with Gasteiger partial charge in [-0.05, 0) is 37.8 Å². The molecule has 3 rings (SSSR count). The Morgan fingerprint density at radius 1 is 1.41 bits per heavy atom. The number of nitrogens with zero attached hydrogens (tertiary/aromatic N) is 3.